The van der Waals surface area contributed by atoms with Crippen molar-refractivity contribution in [3.05, 3.63) is 6.20 Å². The molecule has 14 heavy (non-hydrogen) atoms. The van der Waals surface area contributed by atoms with Gasteiger partial charge in [0, 0.05) is 17.6 Å². The number of nitrogens with one attached hydrogen (secondary N) is 1. The second-order valence-electron chi connectivity index (χ2n) is 3.99. The smallest absolute Gasteiger partial charge is 0.130 e. The molecular formula is C10H17N3S. The maximum absolute atomic E-state index is 3.87. The minimum Gasteiger partial charge on any atom is -0.371 e. The third kappa shape index (κ3) is 2.23. The fourth-order valence-corrected chi connectivity index (χ4v) is 2.81. The summed E-state index contributed by atoms with van der Waals surface area (Å²) in [5, 5.41) is 8.50. The third-order valence-electron chi connectivity index (χ3n) is 3.10. The number of hydrogen-bond donors (Lipinski definition) is 1. The van der Waals surface area contributed by atoms with Crippen LogP contribution in [-0.4, -0.2) is 15.6 Å². The molecule has 0 radical (unpaired) electrons. The molecule has 1 atom stereocenters. The SMILES string of the molecule is CCC(Nc1cnns1)C1CCCC1. The third-order valence-corrected chi connectivity index (χ3v) is 3.69. The molecule has 1 aliphatic rings. The molecule has 0 spiro atoms. The summed E-state index contributed by atoms with van der Waals surface area (Å²) in [5.41, 5.74) is 0. The van der Waals surface area contributed by atoms with Crippen LogP contribution in [0.4, 0.5) is 5.00 Å². The Hall–Kier alpha value is -0.640. The fourth-order valence-electron chi connectivity index (χ4n) is 2.33. The normalized spacial score (nSPS) is 19.8. The first kappa shape index (κ1) is 9.90. The first-order valence-corrected chi connectivity index (χ1v) is 6.21. The van der Waals surface area contributed by atoms with Crippen LogP contribution >= 0.6 is 11.5 Å². The minimum absolute atomic E-state index is 0.625. The van der Waals surface area contributed by atoms with Crippen LogP contribution in [-0.2, 0) is 0 Å². The van der Waals surface area contributed by atoms with Gasteiger partial charge in [0.2, 0.25) is 0 Å². The maximum Gasteiger partial charge on any atom is 0.130 e. The Morgan fingerprint density at radius 2 is 2.36 bits per heavy atom. The summed E-state index contributed by atoms with van der Waals surface area (Å²) >= 11 is 1.45. The molecule has 1 aromatic rings. The first-order valence-electron chi connectivity index (χ1n) is 5.44. The molecule has 2 rings (SSSR count). The highest BCUT2D eigenvalue weighted by atomic mass is 32.1. The predicted molar refractivity (Wildman–Crippen MR) is 59.6 cm³/mol. The molecule has 1 fully saturated rings. The zero-order chi connectivity index (χ0) is 9.80. The van der Waals surface area contributed by atoms with E-state index >= 15 is 0 Å². The van der Waals surface area contributed by atoms with Crippen LogP contribution in [0, 0.1) is 5.92 Å². The Bertz CT molecular complexity index is 254. The van der Waals surface area contributed by atoms with Gasteiger partial charge >= 0.3 is 0 Å². The van der Waals surface area contributed by atoms with Crippen LogP contribution in [0.2, 0.25) is 0 Å². The first-order chi connectivity index (χ1) is 6.90. The largest absolute Gasteiger partial charge is 0.371 e. The molecule has 0 saturated heterocycles. The van der Waals surface area contributed by atoms with Crippen molar-refractivity contribution in [3.8, 4) is 0 Å². The summed E-state index contributed by atoms with van der Waals surface area (Å²) in [4.78, 5) is 0. The number of anilines is 1. The van der Waals surface area contributed by atoms with Crippen LogP contribution in [0.5, 0.6) is 0 Å². The van der Waals surface area contributed by atoms with Crippen molar-refractivity contribution in [2.24, 2.45) is 5.92 Å². The van der Waals surface area contributed by atoms with Gasteiger partial charge in [-0.25, -0.2) is 0 Å². The van der Waals surface area contributed by atoms with E-state index in [0.29, 0.717) is 6.04 Å². The lowest BCUT2D eigenvalue weighted by atomic mass is 9.96. The lowest BCUT2D eigenvalue weighted by Crippen LogP contribution is -2.26. The van der Waals surface area contributed by atoms with Gasteiger partial charge in [0.05, 0.1) is 6.20 Å². The second kappa shape index (κ2) is 4.73. The highest BCUT2D eigenvalue weighted by molar-refractivity contribution is 7.09. The van der Waals surface area contributed by atoms with Gasteiger partial charge in [0.1, 0.15) is 5.00 Å². The molecule has 1 N–H and O–H groups in total. The van der Waals surface area contributed by atoms with Gasteiger partial charge in [-0.05, 0) is 25.2 Å². The molecule has 0 aliphatic heterocycles. The van der Waals surface area contributed by atoms with Gasteiger partial charge in [0.25, 0.3) is 0 Å². The van der Waals surface area contributed by atoms with E-state index in [2.05, 4.69) is 21.8 Å². The number of aromatic nitrogens is 2. The zero-order valence-electron chi connectivity index (χ0n) is 8.57. The van der Waals surface area contributed by atoms with E-state index in [1.54, 1.807) is 0 Å². The quantitative estimate of drug-likeness (QED) is 0.832. The van der Waals surface area contributed by atoms with E-state index in [-0.39, 0.29) is 0 Å². The van der Waals surface area contributed by atoms with E-state index < -0.39 is 0 Å². The molecular weight excluding hydrogens is 194 g/mol. The van der Waals surface area contributed by atoms with Crippen molar-refractivity contribution >= 4 is 16.5 Å². The summed E-state index contributed by atoms with van der Waals surface area (Å²) in [6.07, 6.45) is 8.61. The van der Waals surface area contributed by atoms with Crippen LogP contribution in [0.15, 0.2) is 6.20 Å². The Balaban J connectivity index is 1.92. The van der Waals surface area contributed by atoms with Gasteiger partial charge < -0.3 is 5.32 Å². The topological polar surface area (TPSA) is 37.8 Å². The van der Waals surface area contributed by atoms with E-state index in [4.69, 9.17) is 0 Å². The van der Waals surface area contributed by atoms with Gasteiger partial charge in [-0.15, -0.1) is 5.10 Å². The van der Waals surface area contributed by atoms with Crippen LogP contribution in [0.25, 0.3) is 0 Å². The molecule has 1 heterocycles. The van der Waals surface area contributed by atoms with Gasteiger partial charge in [-0.2, -0.15) is 0 Å². The highest BCUT2D eigenvalue weighted by Gasteiger charge is 2.23. The molecule has 1 saturated carbocycles. The average Bonchev–Trinajstić information content (AvgIpc) is 2.86. The van der Waals surface area contributed by atoms with Gasteiger partial charge in [-0.1, -0.05) is 24.3 Å². The molecule has 1 unspecified atom stereocenters. The molecule has 0 amide bonds. The number of nitrogens with zero attached hydrogens (tertiary/aromatic N) is 2. The summed E-state index contributed by atoms with van der Waals surface area (Å²) in [6.45, 7) is 2.25. The van der Waals surface area contributed by atoms with Crippen LogP contribution < -0.4 is 5.32 Å². The number of hydrogen-bond acceptors (Lipinski definition) is 4. The maximum atomic E-state index is 3.87. The fraction of sp³-hybridized carbons (Fsp3) is 0.800. The van der Waals surface area contributed by atoms with Crippen molar-refractivity contribution in [1.29, 1.82) is 0 Å². The van der Waals surface area contributed by atoms with E-state index in [9.17, 15) is 0 Å². The van der Waals surface area contributed by atoms with Crippen LogP contribution in [0.3, 0.4) is 0 Å². The molecule has 1 aliphatic carbocycles. The standard InChI is InChI=1S/C10H17N3S/c1-2-9(8-5-3-4-6-8)12-10-7-11-13-14-10/h7-9,12H,2-6H2,1H3. The zero-order valence-corrected chi connectivity index (χ0v) is 9.39. The number of rotatable bonds is 4. The minimum atomic E-state index is 0.625. The van der Waals surface area contributed by atoms with E-state index in [1.165, 1.54) is 43.6 Å². The summed E-state index contributed by atoms with van der Waals surface area (Å²) in [7, 11) is 0. The Kier molecular flexibility index (Phi) is 3.35. The molecule has 78 valence electrons. The molecule has 0 aromatic carbocycles. The molecule has 4 heteroatoms. The van der Waals surface area contributed by atoms with Crippen molar-refractivity contribution in [2.75, 3.05) is 5.32 Å². The predicted octanol–water partition coefficient (Wildman–Crippen LogP) is 2.92. The Morgan fingerprint density at radius 1 is 1.57 bits per heavy atom. The molecule has 1 aromatic heterocycles. The second-order valence-corrected chi connectivity index (χ2v) is 4.77. The Labute approximate surface area is 89.1 Å². The average molecular weight is 211 g/mol. The Morgan fingerprint density at radius 3 is 2.93 bits per heavy atom. The summed E-state index contributed by atoms with van der Waals surface area (Å²) in [6, 6.07) is 0.625. The van der Waals surface area contributed by atoms with Crippen molar-refractivity contribution in [3.63, 3.8) is 0 Å². The summed E-state index contributed by atoms with van der Waals surface area (Å²) < 4.78 is 3.87. The van der Waals surface area contributed by atoms with E-state index in [1.807, 2.05) is 6.20 Å². The molecule has 3 nitrogen and oxygen atoms in total. The van der Waals surface area contributed by atoms with Gasteiger partial charge in [0.15, 0.2) is 0 Å². The monoisotopic (exact) mass is 211 g/mol. The lowest BCUT2D eigenvalue weighted by molar-refractivity contribution is 0.447. The summed E-state index contributed by atoms with van der Waals surface area (Å²) in [5.74, 6) is 0.863. The molecule has 0 bridgehead atoms. The van der Waals surface area contributed by atoms with Crippen molar-refractivity contribution < 1.29 is 0 Å². The van der Waals surface area contributed by atoms with E-state index in [0.717, 1.165) is 10.9 Å². The van der Waals surface area contributed by atoms with Crippen molar-refractivity contribution in [1.82, 2.24) is 9.59 Å². The van der Waals surface area contributed by atoms with Crippen LogP contribution in [0.1, 0.15) is 39.0 Å². The highest BCUT2D eigenvalue weighted by Crippen LogP contribution is 2.31. The lowest BCUT2D eigenvalue weighted by Gasteiger charge is -2.22. The van der Waals surface area contributed by atoms with Crippen molar-refractivity contribution in [2.45, 2.75) is 45.1 Å². The van der Waals surface area contributed by atoms with Gasteiger partial charge in [-0.3, -0.25) is 0 Å².